The Labute approximate surface area is 143 Å². The van der Waals surface area contributed by atoms with Crippen molar-refractivity contribution < 1.29 is 43.2 Å². The van der Waals surface area contributed by atoms with Crippen LogP contribution in [0, 0.1) is 0 Å². The van der Waals surface area contributed by atoms with Gasteiger partial charge in [0.15, 0.2) is 12.2 Å². The third-order valence-electron chi connectivity index (χ3n) is 3.22. The molecule has 0 spiro atoms. The van der Waals surface area contributed by atoms with Crippen molar-refractivity contribution in [2.45, 2.75) is 58.0 Å². The molecule has 142 valence electrons. The van der Waals surface area contributed by atoms with Gasteiger partial charge in [-0.15, -0.1) is 0 Å². The Morgan fingerprint density at radius 2 is 1.56 bits per heavy atom. The fourth-order valence-corrected chi connectivity index (χ4v) is 2.41. The van der Waals surface area contributed by atoms with Crippen molar-refractivity contribution in [2.24, 2.45) is 5.73 Å². The predicted octanol–water partition coefficient (Wildman–Crippen LogP) is -2.08. The van der Waals surface area contributed by atoms with E-state index in [1.54, 1.807) is 0 Å². The standard InChI is InChI=1S/C14H22N2O9/c1-6(17)16-13-12(24-9(4)20)11(23-8(3)19)10(5-22-7(2)18)25-14(13,15)21/h10-13,21H,5,15H2,1-4H3,(H,16,17)/t10-,11-,12+,13+,14-/m1/s1. The third kappa shape index (κ3) is 5.96. The van der Waals surface area contributed by atoms with Gasteiger partial charge in [-0.2, -0.15) is 0 Å². The molecule has 4 N–H and O–H groups in total. The normalized spacial score (nSPS) is 31.6. The van der Waals surface area contributed by atoms with Crippen LogP contribution in [-0.4, -0.2) is 65.8 Å². The number of hydrogen-bond donors (Lipinski definition) is 3. The van der Waals surface area contributed by atoms with Crippen LogP contribution < -0.4 is 11.1 Å². The highest BCUT2D eigenvalue weighted by atomic mass is 16.7. The summed E-state index contributed by atoms with van der Waals surface area (Å²) in [6, 6.07) is -1.44. The van der Waals surface area contributed by atoms with Gasteiger partial charge in [0, 0.05) is 27.7 Å². The first-order chi connectivity index (χ1) is 11.4. The Kier molecular flexibility index (Phi) is 6.85. The summed E-state index contributed by atoms with van der Waals surface area (Å²) in [5, 5.41) is 12.6. The smallest absolute Gasteiger partial charge is 0.303 e. The molecule has 0 saturated carbocycles. The van der Waals surface area contributed by atoms with Gasteiger partial charge in [-0.3, -0.25) is 24.9 Å². The van der Waals surface area contributed by atoms with Crippen LogP contribution >= 0.6 is 0 Å². The summed E-state index contributed by atoms with van der Waals surface area (Å²) >= 11 is 0. The van der Waals surface area contributed by atoms with Gasteiger partial charge in [0.05, 0.1) is 0 Å². The Balaban J connectivity index is 3.24. The molecule has 11 nitrogen and oxygen atoms in total. The number of carbonyl (C=O) groups is 4. The molecule has 1 aliphatic rings. The van der Waals surface area contributed by atoms with Gasteiger partial charge in [-0.1, -0.05) is 0 Å². The molecule has 0 unspecified atom stereocenters. The molecule has 0 aromatic heterocycles. The zero-order valence-electron chi connectivity index (χ0n) is 14.3. The second-order valence-electron chi connectivity index (χ2n) is 5.54. The second kappa shape index (κ2) is 8.23. The van der Waals surface area contributed by atoms with Crippen LogP contribution in [0.1, 0.15) is 27.7 Å². The van der Waals surface area contributed by atoms with E-state index in [1.165, 1.54) is 0 Å². The maximum Gasteiger partial charge on any atom is 0.303 e. The number of ether oxygens (including phenoxy) is 4. The van der Waals surface area contributed by atoms with Gasteiger partial charge in [0.1, 0.15) is 18.8 Å². The summed E-state index contributed by atoms with van der Waals surface area (Å²) in [6.45, 7) is 4.04. The molecule has 1 rings (SSSR count). The highest BCUT2D eigenvalue weighted by molar-refractivity contribution is 5.74. The SMILES string of the molecule is CC(=O)N[C@H]1[C@@H](OC(C)=O)[C@H](OC(C)=O)[C@@H](COC(C)=O)O[C@]1(N)O. The number of carbonyl (C=O) groups excluding carboxylic acids is 4. The van der Waals surface area contributed by atoms with Crippen LogP contribution in [0.5, 0.6) is 0 Å². The van der Waals surface area contributed by atoms with E-state index in [9.17, 15) is 24.3 Å². The van der Waals surface area contributed by atoms with Crippen LogP contribution in [0.4, 0.5) is 0 Å². The van der Waals surface area contributed by atoms with Gasteiger partial charge < -0.3 is 29.4 Å². The number of esters is 3. The highest BCUT2D eigenvalue weighted by Crippen LogP contribution is 2.29. The lowest BCUT2D eigenvalue weighted by Gasteiger charge is -2.47. The van der Waals surface area contributed by atoms with E-state index in [-0.39, 0.29) is 0 Å². The lowest BCUT2D eigenvalue weighted by atomic mass is 9.93. The molecule has 1 aliphatic heterocycles. The monoisotopic (exact) mass is 362 g/mol. The van der Waals surface area contributed by atoms with Crippen molar-refractivity contribution in [3.05, 3.63) is 0 Å². The molecule has 1 heterocycles. The van der Waals surface area contributed by atoms with Gasteiger partial charge in [-0.05, 0) is 0 Å². The number of hydrogen-bond acceptors (Lipinski definition) is 10. The molecule has 5 atom stereocenters. The zero-order valence-corrected chi connectivity index (χ0v) is 14.3. The topological polar surface area (TPSA) is 163 Å². The Morgan fingerprint density at radius 1 is 1.04 bits per heavy atom. The number of nitrogens with two attached hydrogens (primary N) is 1. The van der Waals surface area contributed by atoms with Gasteiger partial charge >= 0.3 is 17.9 Å². The van der Waals surface area contributed by atoms with Crippen molar-refractivity contribution in [1.29, 1.82) is 0 Å². The zero-order chi connectivity index (χ0) is 19.4. The van der Waals surface area contributed by atoms with E-state index < -0.39 is 60.7 Å². The third-order valence-corrected chi connectivity index (χ3v) is 3.22. The molecule has 0 aliphatic carbocycles. The fraction of sp³-hybridized carbons (Fsp3) is 0.714. The molecule has 25 heavy (non-hydrogen) atoms. The van der Waals surface area contributed by atoms with Gasteiger partial charge in [0.2, 0.25) is 11.8 Å². The fourth-order valence-electron chi connectivity index (χ4n) is 2.41. The van der Waals surface area contributed by atoms with E-state index in [0.29, 0.717) is 0 Å². The summed E-state index contributed by atoms with van der Waals surface area (Å²) in [6.07, 6.45) is -3.91. The van der Waals surface area contributed by atoms with Crippen molar-refractivity contribution >= 4 is 23.8 Å². The molecule has 11 heteroatoms. The van der Waals surface area contributed by atoms with Crippen molar-refractivity contribution in [2.75, 3.05) is 6.61 Å². The van der Waals surface area contributed by atoms with Crippen molar-refractivity contribution in [1.82, 2.24) is 5.32 Å². The van der Waals surface area contributed by atoms with Crippen LogP contribution in [0.3, 0.4) is 0 Å². The Hall–Kier alpha value is -2.24. The van der Waals surface area contributed by atoms with Crippen LogP contribution in [0.2, 0.25) is 0 Å². The van der Waals surface area contributed by atoms with E-state index in [2.05, 4.69) is 5.32 Å². The summed E-state index contributed by atoms with van der Waals surface area (Å²) in [5.41, 5.74) is 5.67. The quantitative estimate of drug-likeness (QED) is 0.281. The molecule has 0 aromatic carbocycles. The van der Waals surface area contributed by atoms with Crippen molar-refractivity contribution in [3.63, 3.8) is 0 Å². The maximum atomic E-state index is 11.4. The summed E-state index contributed by atoms with van der Waals surface area (Å²) < 4.78 is 20.2. The molecular weight excluding hydrogens is 340 g/mol. The largest absolute Gasteiger partial charge is 0.463 e. The number of nitrogens with one attached hydrogen (secondary N) is 1. The minimum absolute atomic E-state index is 0.433. The first kappa shape index (κ1) is 20.8. The lowest BCUT2D eigenvalue weighted by molar-refractivity contribution is -0.319. The summed E-state index contributed by atoms with van der Waals surface area (Å²) in [7, 11) is 0. The average molecular weight is 362 g/mol. The molecular formula is C14H22N2O9. The van der Waals surface area contributed by atoms with Crippen LogP contribution in [0.25, 0.3) is 0 Å². The minimum Gasteiger partial charge on any atom is -0.463 e. The first-order valence-electron chi connectivity index (χ1n) is 7.38. The first-order valence-corrected chi connectivity index (χ1v) is 7.38. The van der Waals surface area contributed by atoms with Crippen LogP contribution in [-0.2, 0) is 38.1 Å². The Morgan fingerprint density at radius 3 is 2.00 bits per heavy atom. The van der Waals surface area contributed by atoms with E-state index in [0.717, 1.165) is 27.7 Å². The van der Waals surface area contributed by atoms with Crippen LogP contribution in [0.15, 0.2) is 0 Å². The Bertz CT molecular complexity index is 548. The molecule has 0 radical (unpaired) electrons. The molecule has 0 aromatic rings. The number of aliphatic hydroxyl groups is 1. The summed E-state index contributed by atoms with van der Waals surface area (Å²) in [4.78, 5) is 45.3. The molecule has 1 fully saturated rings. The number of rotatable bonds is 5. The van der Waals surface area contributed by atoms with Crippen molar-refractivity contribution in [3.8, 4) is 0 Å². The van der Waals surface area contributed by atoms with E-state index >= 15 is 0 Å². The van der Waals surface area contributed by atoms with E-state index in [1.807, 2.05) is 0 Å². The minimum atomic E-state index is -2.48. The second-order valence-corrected chi connectivity index (χ2v) is 5.54. The predicted molar refractivity (Wildman–Crippen MR) is 79.4 cm³/mol. The average Bonchev–Trinajstić information content (AvgIpc) is 2.42. The molecule has 1 saturated heterocycles. The van der Waals surface area contributed by atoms with Gasteiger partial charge in [-0.25, -0.2) is 0 Å². The number of amides is 1. The molecule has 1 amide bonds. The molecule has 0 bridgehead atoms. The lowest BCUT2D eigenvalue weighted by Crippen LogP contribution is -2.74. The van der Waals surface area contributed by atoms with E-state index in [4.69, 9.17) is 24.7 Å². The van der Waals surface area contributed by atoms with Gasteiger partial charge in [0.25, 0.3) is 0 Å². The maximum absolute atomic E-state index is 11.4. The highest BCUT2D eigenvalue weighted by Gasteiger charge is 2.56. The summed E-state index contributed by atoms with van der Waals surface area (Å²) in [5.74, 6) is -5.26.